The summed E-state index contributed by atoms with van der Waals surface area (Å²) in [5.74, 6) is 0.174. The Bertz CT molecular complexity index is 289. The molecule has 1 aliphatic carbocycles. The topological polar surface area (TPSA) is 59.1 Å². The molecule has 1 aromatic rings. The molecule has 3 unspecified atom stereocenters. The van der Waals surface area contributed by atoms with Crippen LogP contribution in [0.2, 0.25) is 0 Å². The second-order valence-corrected chi connectivity index (χ2v) is 4.03. The highest BCUT2D eigenvalue weighted by molar-refractivity contribution is 5.17. The van der Waals surface area contributed by atoms with Crippen LogP contribution in [0.1, 0.15) is 30.7 Å². The first-order valence-corrected chi connectivity index (χ1v) is 5.11. The van der Waals surface area contributed by atoms with Gasteiger partial charge in [0.1, 0.15) is 0 Å². The minimum atomic E-state index is -0.251. The van der Waals surface area contributed by atoms with Crippen LogP contribution in [0.4, 0.5) is 0 Å². The van der Waals surface area contributed by atoms with Gasteiger partial charge in [0.05, 0.1) is 6.10 Å². The van der Waals surface area contributed by atoms with Crippen molar-refractivity contribution in [1.29, 1.82) is 0 Å². The van der Waals surface area contributed by atoms with Crippen molar-refractivity contribution < 1.29 is 5.11 Å². The third-order valence-corrected chi connectivity index (χ3v) is 2.97. The van der Waals surface area contributed by atoms with Gasteiger partial charge in [-0.25, -0.2) is 0 Å². The number of aliphatic hydroxyl groups is 1. The number of pyridine rings is 1. The maximum absolute atomic E-state index is 9.86. The van der Waals surface area contributed by atoms with E-state index in [4.69, 9.17) is 5.73 Å². The first kappa shape index (κ1) is 9.62. The Morgan fingerprint density at radius 2 is 2.29 bits per heavy atom. The second-order valence-electron chi connectivity index (χ2n) is 4.03. The fourth-order valence-electron chi connectivity index (χ4n) is 2.14. The van der Waals surface area contributed by atoms with Gasteiger partial charge in [-0.3, -0.25) is 4.98 Å². The highest BCUT2D eigenvalue weighted by Gasteiger charge is 2.28. The van der Waals surface area contributed by atoms with Gasteiger partial charge in [-0.05, 0) is 30.9 Å². The van der Waals surface area contributed by atoms with Crippen LogP contribution in [-0.2, 0) is 0 Å². The molecule has 1 aromatic heterocycles. The maximum atomic E-state index is 9.86. The smallest absolute Gasteiger partial charge is 0.0610 e. The molecule has 2 rings (SSSR count). The fraction of sp³-hybridized carbons (Fsp3) is 0.545. The maximum Gasteiger partial charge on any atom is 0.0610 e. The molecular weight excluding hydrogens is 176 g/mol. The Morgan fingerprint density at radius 1 is 1.43 bits per heavy atom. The number of aromatic nitrogens is 1. The molecule has 3 nitrogen and oxygen atoms in total. The van der Waals surface area contributed by atoms with Crippen molar-refractivity contribution in [2.75, 3.05) is 0 Å². The molecule has 1 saturated carbocycles. The van der Waals surface area contributed by atoms with Gasteiger partial charge in [-0.2, -0.15) is 0 Å². The van der Waals surface area contributed by atoms with Crippen LogP contribution in [-0.4, -0.2) is 22.2 Å². The van der Waals surface area contributed by atoms with E-state index in [9.17, 15) is 5.11 Å². The summed E-state index contributed by atoms with van der Waals surface area (Å²) >= 11 is 0. The Kier molecular flexibility index (Phi) is 2.79. The lowest BCUT2D eigenvalue weighted by atomic mass is 9.80. The van der Waals surface area contributed by atoms with Gasteiger partial charge in [0, 0.05) is 24.4 Å². The molecule has 0 radical (unpaired) electrons. The Hall–Kier alpha value is -0.930. The zero-order chi connectivity index (χ0) is 9.97. The van der Waals surface area contributed by atoms with E-state index >= 15 is 0 Å². The number of rotatable bonds is 1. The van der Waals surface area contributed by atoms with Gasteiger partial charge in [0.25, 0.3) is 0 Å². The lowest BCUT2D eigenvalue weighted by Gasteiger charge is -2.31. The van der Waals surface area contributed by atoms with E-state index in [0.29, 0.717) is 0 Å². The largest absolute Gasteiger partial charge is 0.392 e. The lowest BCUT2D eigenvalue weighted by molar-refractivity contribution is 0.0987. The van der Waals surface area contributed by atoms with E-state index in [0.717, 1.165) is 24.8 Å². The molecular formula is C11H16N2O. The standard InChI is InChI=1S/C11H16N2O/c12-9-3-4-11(14)10(6-9)8-2-1-5-13-7-8/h1-2,5,7,9-11,14H,3-4,6,12H2. The molecule has 76 valence electrons. The summed E-state index contributed by atoms with van der Waals surface area (Å²) in [6.07, 6.45) is 5.93. The van der Waals surface area contributed by atoms with Crippen molar-refractivity contribution in [3.63, 3.8) is 0 Å². The van der Waals surface area contributed by atoms with Crippen molar-refractivity contribution in [2.45, 2.75) is 37.3 Å². The van der Waals surface area contributed by atoms with Crippen LogP contribution < -0.4 is 5.73 Å². The van der Waals surface area contributed by atoms with Crippen LogP contribution in [0.5, 0.6) is 0 Å². The molecule has 0 saturated heterocycles. The minimum Gasteiger partial charge on any atom is -0.392 e. The van der Waals surface area contributed by atoms with E-state index in [1.165, 1.54) is 0 Å². The highest BCUT2D eigenvalue weighted by Crippen LogP contribution is 2.31. The summed E-state index contributed by atoms with van der Waals surface area (Å²) in [6.45, 7) is 0. The molecule has 3 atom stereocenters. The van der Waals surface area contributed by atoms with Crippen molar-refractivity contribution in [1.82, 2.24) is 4.98 Å². The van der Waals surface area contributed by atoms with Crippen LogP contribution in [0.15, 0.2) is 24.5 Å². The van der Waals surface area contributed by atoms with Crippen molar-refractivity contribution in [3.05, 3.63) is 30.1 Å². The first-order chi connectivity index (χ1) is 6.77. The van der Waals surface area contributed by atoms with Crippen molar-refractivity contribution in [2.24, 2.45) is 5.73 Å². The van der Waals surface area contributed by atoms with Gasteiger partial charge >= 0.3 is 0 Å². The first-order valence-electron chi connectivity index (χ1n) is 5.11. The number of aliphatic hydroxyl groups excluding tert-OH is 1. The van der Waals surface area contributed by atoms with E-state index in [1.54, 1.807) is 6.20 Å². The third kappa shape index (κ3) is 1.94. The second kappa shape index (κ2) is 4.07. The molecule has 0 aromatic carbocycles. The normalized spacial score (nSPS) is 32.9. The van der Waals surface area contributed by atoms with Crippen LogP contribution >= 0.6 is 0 Å². The summed E-state index contributed by atoms with van der Waals surface area (Å²) in [4.78, 5) is 4.07. The van der Waals surface area contributed by atoms with Gasteiger partial charge in [-0.15, -0.1) is 0 Å². The highest BCUT2D eigenvalue weighted by atomic mass is 16.3. The van der Waals surface area contributed by atoms with Gasteiger partial charge in [-0.1, -0.05) is 6.07 Å². The Labute approximate surface area is 84.0 Å². The Morgan fingerprint density at radius 3 is 3.00 bits per heavy atom. The monoisotopic (exact) mass is 192 g/mol. The van der Waals surface area contributed by atoms with Crippen LogP contribution in [0.3, 0.4) is 0 Å². The summed E-state index contributed by atoms with van der Waals surface area (Å²) in [7, 11) is 0. The molecule has 1 aliphatic rings. The summed E-state index contributed by atoms with van der Waals surface area (Å²) < 4.78 is 0. The van der Waals surface area contributed by atoms with Crippen molar-refractivity contribution >= 4 is 0 Å². The predicted molar refractivity (Wildman–Crippen MR) is 54.8 cm³/mol. The minimum absolute atomic E-state index is 0.174. The summed E-state index contributed by atoms with van der Waals surface area (Å²) in [5.41, 5.74) is 7.00. The summed E-state index contributed by atoms with van der Waals surface area (Å²) in [5, 5.41) is 9.86. The molecule has 1 heterocycles. The number of hydrogen-bond acceptors (Lipinski definition) is 3. The number of nitrogens with two attached hydrogens (primary N) is 1. The quantitative estimate of drug-likeness (QED) is 0.699. The van der Waals surface area contributed by atoms with Crippen LogP contribution in [0.25, 0.3) is 0 Å². The van der Waals surface area contributed by atoms with Gasteiger partial charge < -0.3 is 10.8 Å². The van der Waals surface area contributed by atoms with E-state index < -0.39 is 0 Å². The average molecular weight is 192 g/mol. The fourth-order valence-corrected chi connectivity index (χ4v) is 2.14. The molecule has 0 aliphatic heterocycles. The van der Waals surface area contributed by atoms with Gasteiger partial charge in [0.15, 0.2) is 0 Å². The zero-order valence-electron chi connectivity index (χ0n) is 8.13. The van der Waals surface area contributed by atoms with Crippen LogP contribution in [0, 0.1) is 0 Å². The zero-order valence-corrected chi connectivity index (χ0v) is 8.13. The molecule has 1 fully saturated rings. The van der Waals surface area contributed by atoms with Crippen molar-refractivity contribution in [3.8, 4) is 0 Å². The molecule has 0 bridgehead atoms. The van der Waals surface area contributed by atoms with E-state index in [-0.39, 0.29) is 18.1 Å². The number of nitrogens with zero attached hydrogens (tertiary/aromatic N) is 1. The molecule has 14 heavy (non-hydrogen) atoms. The lowest BCUT2D eigenvalue weighted by Crippen LogP contribution is -2.34. The molecule has 3 heteroatoms. The van der Waals surface area contributed by atoms with Gasteiger partial charge in [0.2, 0.25) is 0 Å². The SMILES string of the molecule is NC1CCC(O)C(c2cccnc2)C1. The van der Waals surface area contributed by atoms with E-state index in [2.05, 4.69) is 4.98 Å². The molecule has 0 amide bonds. The Balaban J connectivity index is 2.16. The molecule has 3 N–H and O–H groups in total. The third-order valence-electron chi connectivity index (χ3n) is 2.97. The predicted octanol–water partition coefficient (Wildman–Crippen LogP) is 1.04. The molecule has 0 spiro atoms. The van der Waals surface area contributed by atoms with E-state index in [1.807, 2.05) is 18.3 Å². The number of hydrogen-bond donors (Lipinski definition) is 2. The summed E-state index contributed by atoms with van der Waals surface area (Å²) in [6, 6.07) is 4.14. The average Bonchev–Trinajstić information content (AvgIpc) is 2.23.